The second kappa shape index (κ2) is 5.85. The van der Waals surface area contributed by atoms with E-state index in [0.717, 1.165) is 11.1 Å². The van der Waals surface area contributed by atoms with Crippen LogP contribution in [-0.4, -0.2) is 11.1 Å². The Kier molecular flexibility index (Phi) is 3.74. The van der Waals surface area contributed by atoms with E-state index in [-0.39, 0.29) is 5.91 Å². The van der Waals surface area contributed by atoms with Crippen LogP contribution in [-0.2, 0) is 0 Å². The molecule has 0 fully saturated rings. The smallest absolute Gasteiger partial charge is 0.258 e. The molecule has 0 saturated carbocycles. The van der Waals surface area contributed by atoms with Crippen LogP contribution in [0, 0.1) is 13.8 Å². The monoisotopic (exact) mass is 292 g/mol. The van der Waals surface area contributed by atoms with Crippen LogP contribution in [0.2, 0.25) is 0 Å². The van der Waals surface area contributed by atoms with Gasteiger partial charge in [0, 0.05) is 17.2 Å². The Labute approximate surface area is 128 Å². The summed E-state index contributed by atoms with van der Waals surface area (Å²) in [5, 5.41) is 6.73. The SMILES string of the molecule is Cc1ccc(-c2cc(NC(=O)c3ccccc3C)on2)cc1. The van der Waals surface area contributed by atoms with Gasteiger partial charge in [-0.1, -0.05) is 53.2 Å². The van der Waals surface area contributed by atoms with E-state index in [1.165, 1.54) is 5.56 Å². The average molecular weight is 292 g/mol. The third-order valence-corrected chi connectivity index (χ3v) is 3.48. The van der Waals surface area contributed by atoms with E-state index in [1.54, 1.807) is 12.1 Å². The first-order valence-corrected chi connectivity index (χ1v) is 7.04. The number of aromatic nitrogens is 1. The Morgan fingerprint density at radius 3 is 2.50 bits per heavy atom. The third kappa shape index (κ3) is 2.91. The van der Waals surface area contributed by atoms with Crippen LogP contribution in [0.25, 0.3) is 11.3 Å². The summed E-state index contributed by atoms with van der Waals surface area (Å²) in [5.74, 6) is 0.133. The highest BCUT2D eigenvalue weighted by atomic mass is 16.5. The summed E-state index contributed by atoms with van der Waals surface area (Å²) in [7, 11) is 0. The second-order valence-electron chi connectivity index (χ2n) is 5.21. The lowest BCUT2D eigenvalue weighted by Gasteiger charge is -2.03. The van der Waals surface area contributed by atoms with Gasteiger partial charge in [-0.15, -0.1) is 0 Å². The predicted molar refractivity (Wildman–Crippen MR) is 85.8 cm³/mol. The number of hydrogen-bond donors (Lipinski definition) is 1. The maximum Gasteiger partial charge on any atom is 0.258 e. The van der Waals surface area contributed by atoms with Crippen molar-refractivity contribution in [1.29, 1.82) is 0 Å². The molecule has 3 aromatic rings. The van der Waals surface area contributed by atoms with Crippen LogP contribution in [0.1, 0.15) is 21.5 Å². The van der Waals surface area contributed by atoms with E-state index in [4.69, 9.17) is 4.52 Å². The summed E-state index contributed by atoms with van der Waals surface area (Å²) in [6.07, 6.45) is 0. The summed E-state index contributed by atoms with van der Waals surface area (Å²) in [5.41, 5.74) is 4.36. The lowest BCUT2D eigenvalue weighted by molar-refractivity contribution is 0.102. The lowest BCUT2D eigenvalue weighted by Crippen LogP contribution is -2.12. The standard InChI is InChI=1S/C18H16N2O2/c1-12-7-9-14(10-8-12)16-11-17(22-20-16)19-18(21)15-6-4-3-5-13(15)2/h3-11H,1-2H3,(H,19,21). The van der Waals surface area contributed by atoms with Crippen molar-refractivity contribution < 1.29 is 9.32 Å². The Morgan fingerprint density at radius 1 is 1.05 bits per heavy atom. The molecule has 2 aromatic carbocycles. The molecule has 0 aliphatic carbocycles. The van der Waals surface area contributed by atoms with E-state index in [2.05, 4.69) is 10.5 Å². The Morgan fingerprint density at radius 2 is 1.77 bits per heavy atom. The molecule has 0 aliphatic heterocycles. The van der Waals surface area contributed by atoms with E-state index in [9.17, 15) is 4.79 Å². The summed E-state index contributed by atoms with van der Waals surface area (Å²) >= 11 is 0. The van der Waals surface area contributed by atoms with Crippen LogP contribution in [0.15, 0.2) is 59.1 Å². The molecule has 1 amide bonds. The molecule has 0 saturated heterocycles. The van der Waals surface area contributed by atoms with Crippen molar-refractivity contribution in [2.75, 3.05) is 5.32 Å². The number of aryl methyl sites for hydroxylation is 2. The van der Waals surface area contributed by atoms with E-state index >= 15 is 0 Å². The molecule has 1 heterocycles. The van der Waals surface area contributed by atoms with Gasteiger partial charge in [-0.2, -0.15) is 0 Å². The number of hydrogen-bond acceptors (Lipinski definition) is 3. The molecule has 110 valence electrons. The quantitative estimate of drug-likeness (QED) is 0.786. The van der Waals surface area contributed by atoms with Crippen molar-refractivity contribution in [1.82, 2.24) is 5.16 Å². The van der Waals surface area contributed by atoms with E-state index < -0.39 is 0 Å². The molecule has 1 N–H and O–H groups in total. The van der Waals surface area contributed by atoms with Crippen LogP contribution in [0.5, 0.6) is 0 Å². The highest BCUT2D eigenvalue weighted by Gasteiger charge is 2.12. The van der Waals surface area contributed by atoms with Gasteiger partial charge in [0.1, 0.15) is 5.69 Å². The molecule has 22 heavy (non-hydrogen) atoms. The normalized spacial score (nSPS) is 10.5. The minimum Gasteiger partial charge on any atom is -0.338 e. The summed E-state index contributed by atoms with van der Waals surface area (Å²) < 4.78 is 5.20. The van der Waals surface area contributed by atoms with Gasteiger partial charge in [0.05, 0.1) is 0 Å². The molecular formula is C18H16N2O2. The first-order valence-electron chi connectivity index (χ1n) is 7.04. The average Bonchev–Trinajstić information content (AvgIpc) is 2.97. The topological polar surface area (TPSA) is 55.1 Å². The fraction of sp³-hybridized carbons (Fsp3) is 0.111. The van der Waals surface area contributed by atoms with Gasteiger partial charge in [0.25, 0.3) is 5.91 Å². The second-order valence-corrected chi connectivity index (χ2v) is 5.21. The summed E-state index contributed by atoms with van der Waals surface area (Å²) in [6, 6.07) is 17.1. The molecule has 4 nitrogen and oxygen atoms in total. The summed E-state index contributed by atoms with van der Waals surface area (Å²) in [6.45, 7) is 3.92. The van der Waals surface area contributed by atoms with Crippen molar-refractivity contribution in [2.45, 2.75) is 13.8 Å². The lowest BCUT2D eigenvalue weighted by atomic mass is 10.1. The zero-order valence-corrected chi connectivity index (χ0v) is 12.5. The third-order valence-electron chi connectivity index (χ3n) is 3.48. The van der Waals surface area contributed by atoms with Crippen LogP contribution in [0.4, 0.5) is 5.88 Å². The van der Waals surface area contributed by atoms with Crippen molar-refractivity contribution in [3.05, 3.63) is 71.3 Å². The Bertz CT molecular complexity index is 804. The highest BCUT2D eigenvalue weighted by Crippen LogP contribution is 2.22. The molecule has 0 spiro atoms. The molecule has 0 unspecified atom stereocenters. The van der Waals surface area contributed by atoms with Crippen LogP contribution in [0.3, 0.4) is 0 Å². The maximum atomic E-state index is 12.2. The van der Waals surface area contributed by atoms with E-state index in [1.807, 2.05) is 56.3 Å². The first-order chi connectivity index (χ1) is 10.6. The number of carbonyl (C=O) groups is 1. The van der Waals surface area contributed by atoms with Crippen LogP contribution >= 0.6 is 0 Å². The van der Waals surface area contributed by atoms with Gasteiger partial charge >= 0.3 is 0 Å². The fourth-order valence-electron chi connectivity index (χ4n) is 2.20. The molecular weight excluding hydrogens is 276 g/mol. The number of nitrogens with one attached hydrogen (secondary N) is 1. The highest BCUT2D eigenvalue weighted by molar-refractivity contribution is 6.04. The summed E-state index contributed by atoms with van der Waals surface area (Å²) in [4.78, 5) is 12.2. The molecule has 0 aliphatic rings. The fourth-order valence-corrected chi connectivity index (χ4v) is 2.20. The number of anilines is 1. The Hall–Kier alpha value is -2.88. The largest absolute Gasteiger partial charge is 0.338 e. The maximum absolute atomic E-state index is 12.2. The molecule has 3 rings (SSSR count). The number of benzene rings is 2. The zero-order valence-electron chi connectivity index (χ0n) is 12.5. The van der Waals surface area contributed by atoms with Crippen molar-refractivity contribution in [3.63, 3.8) is 0 Å². The van der Waals surface area contributed by atoms with Gasteiger partial charge in [-0.05, 0) is 25.5 Å². The van der Waals surface area contributed by atoms with E-state index in [0.29, 0.717) is 17.1 Å². The van der Waals surface area contributed by atoms with Gasteiger partial charge in [-0.3, -0.25) is 10.1 Å². The van der Waals surface area contributed by atoms with Gasteiger partial charge in [-0.25, -0.2) is 0 Å². The predicted octanol–water partition coefficient (Wildman–Crippen LogP) is 4.21. The minimum absolute atomic E-state index is 0.204. The number of nitrogens with zero attached hydrogens (tertiary/aromatic N) is 1. The molecule has 1 aromatic heterocycles. The van der Waals surface area contributed by atoms with Crippen molar-refractivity contribution >= 4 is 11.8 Å². The molecule has 0 atom stereocenters. The minimum atomic E-state index is -0.204. The van der Waals surface area contributed by atoms with Crippen LogP contribution < -0.4 is 5.32 Å². The first kappa shape index (κ1) is 14.1. The Balaban J connectivity index is 1.78. The zero-order chi connectivity index (χ0) is 15.5. The van der Waals surface area contributed by atoms with Crippen molar-refractivity contribution in [3.8, 4) is 11.3 Å². The number of amides is 1. The van der Waals surface area contributed by atoms with Gasteiger partial charge in [0.2, 0.25) is 5.88 Å². The molecule has 0 radical (unpaired) electrons. The molecule has 0 bridgehead atoms. The number of carbonyl (C=O) groups excluding carboxylic acids is 1. The molecule has 4 heteroatoms. The van der Waals surface area contributed by atoms with Gasteiger partial charge in [0.15, 0.2) is 0 Å². The van der Waals surface area contributed by atoms with Gasteiger partial charge < -0.3 is 4.52 Å². The van der Waals surface area contributed by atoms with Crippen molar-refractivity contribution in [2.24, 2.45) is 0 Å². The number of rotatable bonds is 3.